The van der Waals surface area contributed by atoms with Gasteiger partial charge >= 0.3 is 0 Å². The number of fused-ring (bicyclic) bond motifs is 1. The highest BCUT2D eigenvalue weighted by molar-refractivity contribution is 7.91. The van der Waals surface area contributed by atoms with Crippen LogP contribution in [0.4, 0.5) is 24.9 Å². The van der Waals surface area contributed by atoms with E-state index in [9.17, 15) is 21.2 Å². The summed E-state index contributed by atoms with van der Waals surface area (Å²) in [6.45, 7) is 3.87. The maximum absolute atomic E-state index is 15.3. The van der Waals surface area contributed by atoms with Crippen LogP contribution in [0.3, 0.4) is 0 Å². The molecule has 2 fully saturated rings. The second kappa shape index (κ2) is 8.92. The van der Waals surface area contributed by atoms with Gasteiger partial charge in [0.05, 0.1) is 28.6 Å². The molecule has 0 amide bonds. The third-order valence-corrected chi connectivity index (χ3v) is 10.9. The lowest BCUT2D eigenvalue weighted by atomic mass is 10.1. The van der Waals surface area contributed by atoms with E-state index < -0.39 is 58.7 Å². The lowest BCUT2D eigenvalue weighted by Crippen LogP contribution is -2.56. The normalized spacial score (nSPS) is 17.4. The van der Waals surface area contributed by atoms with Gasteiger partial charge in [-0.25, -0.2) is 31.6 Å². The summed E-state index contributed by atoms with van der Waals surface area (Å²) >= 11 is 0. The Bertz CT molecular complexity index is 1850. The van der Waals surface area contributed by atoms with E-state index in [1.54, 1.807) is 4.90 Å². The van der Waals surface area contributed by atoms with Gasteiger partial charge in [-0.1, -0.05) is 0 Å². The van der Waals surface area contributed by atoms with Crippen molar-refractivity contribution in [2.45, 2.75) is 42.4 Å². The van der Waals surface area contributed by atoms with E-state index in [0.29, 0.717) is 36.0 Å². The standard InChI is InChI=1S/C24H24F3N7O4S2/c1-15(2)39(35,36)32-8-5-17(13-32)40(37,38)34-21-19(27)4-3-18(26)20(21)22(30-34)33-10-9-31(14-24(33)6-7-24)23-28-11-16(25)12-29-23/h3-5,8,11-13,15H,6-7,9-10,14H2,1-2H3. The van der Waals surface area contributed by atoms with Crippen molar-refractivity contribution >= 4 is 42.7 Å². The zero-order valence-corrected chi connectivity index (χ0v) is 23.0. The summed E-state index contributed by atoms with van der Waals surface area (Å²) in [5.41, 5.74) is -1.14. The highest BCUT2D eigenvalue weighted by Crippen LogP contribution is 2.48. The quantitative estimate of drug-likeness (QED) is 0.331. The smallest absolute Gasteiger partial charge is 0.285 e. The summed E-state index contributed by atoms with van der Waals surface area (Å²) < 4.78 is 97.5. The Kier molecular flexibility index (Phi) is 5.92. The number of piperazine rings is 1. The average Bonchev–Trinajstić information content (AvgIpc) is 3.31. The lowest BCUT2D eigenvalue weighted by Gasteiger charge is -2.42. The van der Waals surface area contributed by atoms with Gasteiger partial charge in [0, 0.05) is 32.0 Å². The van der Waals surface area contributed by atoms with Gasteiger partial charge in [-0.2, -0.15) is 8.42 Å². The van der Waals surface area contributed by atoms with Crippen LogP contribution in [0.2, 0.25) is 0 Å². The minimum absolute atomic E-state index is 0.0398. The molecule has 0 bridgehead atoms. The first kappa shape index (κ1) is 26.6. The van der Waals surface area contributed by atoms with Crippen LogP contribution < -0.4 is 9.80 Å². The molecule has 1 saturated carbocycles. The van der Waals surface area contributed by atoms with Crippen molar-refractivity contribution in [3.8, 4) is 0 Å². The number of rotatable bonds is 6. The van der Waals surface area contributed by atoms with Crippen LogP contribution in [0, 0.1) is 17.5 Å². The molecular weight excluding hydrogens is 571 g/mol. The summed E-state index contributed by atoms with van der Waals surface area (Å²) in [6.07, 6.45) is 5.45. The van der Waals surface area contributed by atoms with Crippen molar-refractivity contribution in [2.75, 3.05) is 29.4 Å². The third-order valence-electron chi connectivity index (χ3n) is 7.36. The van der Waals surface area contributed by atoms with Crippen molar-refractivity contribution in [3.63, 3.8) is 0 Å². The van der Waals surface area contributed by atoms with Crippen LogP contribution in [0.15, 0.2) is 47.9 Å². The SMILES string of the molecule is CC(C)S(=O)(=O)n1ccc(S(=O)(=O)n2nc(N3CCN(c4ncc(F)cn4)CC34CC4)c3c(F)ccc(F)c32)c1. The number of benzene rings is 1. The molecule has 0 radical (unpaired) electrons. The Morgan fingerprint density at radius 1 is 0.950 bits per heavy atom. The Morgan fingerprint density at radius 3 is 2.27 bits per heavy atom. The number of anilines is 2. The maximum atomic E-state index is 15.3. The van der Waals surface area contributed by atoms with Gasteiger partial charge in [-0.05, 0) is 44.9 Å². The van der Waals surface area contributed by atoms with E-state index in [2.05, 4.69) is 15.1 Å². The van der Waals surface area contributed by atoms with Crippen molar-refractivity contribution in [2.24, 2.45) is 0 Å². The molecule has 1 aromatic carbocycles. The molecule has 0 unspecified atom stereocenters. The van der Waals surface area contributed by atoms with Crippen molar-refractivity contribution < 1.29 is 30.0 Å². The molecule has 2 aliphatic rings. The molecule has 1 saturated heterocycles. The molecule has 3 aromatic heterocycles. The first-order valence-electron chi connectivity index (χ1n) is 12.4. The predicted molar refractivity (Wildman–Crippen MR) is 140 cm³/mol. The number of hydrogen-bond donors (Lipinski definition) is 0. The topological polar surface area (TPSA) is 123 Å². The number of hydrogen-bond acceptors (Lipinski definition) is 9. The molecule has 1 aliphatic carbocycles. The van der Waals surface area contributed by atoms with E-state index in [0.717, 1.165) is 47.0 Å². The van der Waals surface area contributed by atoms with Gasteiger partial charge in [0.1, 0.15) is 16.2 Å². The van der Waals surface area contributed by atoms with Gasteiger partial charge < -0.3 is 9.80 Å². The Balaban J connectivity index is 1.44. The largest absolute Gasteiger partial charge is 0.345 e. The maximum Gasteiger partial charge on any atom is 0.285 e. The highest BCUT2D eigenvalue weighted by Gasteiger charge is 2.53. The van der Waals surface area contributed by atoms with E-state index in [1.807, 2.05) is 4.90 Å². The fraction of sp³-hybridized carbons (Fsp3) is 0.375. The summed E-state index contributed by atoms with van der Waals surface area (Å²) in [5, 5.41) is 3.13. The molecule has 212 valence electrons. The second-order valence-electron chi connectivity index (χ2n) is 10.2. The second-order valence-corrected chi connectivity index (χ2v) is 14.4. The van der Waals surface area contributed by atoms with E-state index in [4.69, 9.17) is 0 Å². The van der Waals surface area contributed by atoms with E-state index >= 15 is 8.78 Å². The Labute approximate surface area is 228 Å². The molecular formula is C24H24F3N7O4S2. The molecule has 6 rings (SSSR count). The molecule has 11 nitrogen and oxygen atoms in total. The Morgan fingerprint density at radius 2 is 1.62 bits per heavy atom. The van der Waals surface area contributed by atoms with Crippen molar-refractivity contribution in [1.29, 1.82) is 0 Å². The zero-order valence-electron chi connectivity index (χ0n) is 21.4. The number of nitrogens with zero attached hydrogens (tertiary/aromatic N) is 7. The highest BCUT2D eigenvalue weighted by atomic mass is 32.2. The van der Waals surface area contributed by atoms with E-state index in [-0.39, 0.29) is 17.7 Å². The molecule has 1 aliphatic heterocycles. The fourth-order valence-corrected chi connectivity index (χ4v) is 7.35. The molecule has 0 N–H and O–H groups in total. The monoisotopic (exact) mass is 595 g/mol. The van der Waals surface area contributed by atoms with Crippen molar-refractivity contribution in [3.05, 3.63) is 60.4 Å². The zero-order chi connectivity index (χ0) is 28.6. The molecule has 40 heavy (non-hydrogen) atoms. The third kappa shape index (κ3) is 4.03. The van der Waals surface area contributed by atoms with Gasteiger partial charge in [-0.3, -0.25) is 3.97 Å². The van der Waals surface area contributed by atoms with Crippen LogP contribution in [0.1, 0.15) is 26.7 Å². The van der Waals surface area contributed by atoms with Crippen LogP contribution in [-0.4, -0.2) is 70.4 Å². The van der Waals surface area contributed by atoms with Crippen LogP contribution in [0.5, 0.6) is 0 Å². The van der Waals surface area contributed by atoms with Crippen LogP contribution in [0.25, 0.3) is 10.9 Å². The summed E-state index contributed by atoms with van der Waals surface area (Å²) in [7, 11) is -8.50. The Hall–Kier alpha value is -3.66. The summed E-state index contributed by atoms with van der Waals surface area (Å²) in [4.78, 5) is 11.3. The minimum Gasteiger partial charge on any atom is -0.345 e. The average molecular weight is 596 g/mol. The molecule has 4 aromatic rings. The first-order valence-corrected chi connectivity index (χ1v) is 15.3. The van der Waals surface area contributed by atoms with Gasteiger partial charge in [0.15, 0.2) is 17.5 Å². The fourth-order valence-electron chi connectivity index (χ4n) is 5.02. The summed E-state index contributed by atoms with van der Waals surface area (Å²) in [5.74, 6) is -2.15. The lowest BCUT2D eigenvalue weighted by molar-refractivity contribution is 0.496. The molecule has 4 heterocycles. The molecule has 1 spiro atoms. The number of halogens is 3. The number of aromatic nitrogens is 5. The van der Waals surface area contributed by atoms with Gasteiger partial charge in [0.2, 0.25) is 16.0 Å². The molecule has 16 heteroatoms. The minimum atomic E-state index is -4.64. The first-order chi connectivity index (χ1) is 18.8. The molecule has 0 atom stereocenters. The van der Waals surface area contributed by atoms with Crippen molar-refractivity contribution in [1.82, 2.24) is 23.1 Å². The summed E-state index contributed by atoms with van der Waals surface area (Å²) in [6, 6.07) is 2.80. The predicted octanol–water partition coefficient (Wildman–Crippen LogP) is 2.73. The van der Waals surface area contributed by atoms with Crippen LogP contribution in [-0.2, 0) is 20.0 Å². The van der Waals surface area contributed by atoms with Crippen LogP contribution >= 0.6 is 0 Å². The van der Waals surface area contributed by atoms with Gasteiger partial charge in [0.25, 0.3) is 10.0 Å². The van der Waals surface area contributed by atoms with E-state index in [1.165, 1.54) is 13.8 Å². The van der Waals surface area contributed by atoms with Gasteiger partial charge in [-0.15, -0.1) is 9.19 Å².